The van der Waals surface area contributed by atoms with Crippen LogP contribution in [0.3, 0.4) is 0 Å². The first-order valence-corrected chi connectivity index (χ1v) is 6.93. The normalized spacial score (nSPS) is 18.3. The molecule has 1 aromatic carbocycles. The molecule has 114 valence electrons. The third-order valence-corrected chi connectivity index (χ3v) is 3.60. The Morgan fingerprint density at radius 2 is 2.29 bits per heavy atom. The van der Waals surface area contributed by atoms with E-state index in [4.69, 9.17) is 4.74 Å². The number of nitro benzene ring substituents is 1. The molecule has 1 aliphatic rings. The topological polar surface area (TPSA) is 84.7 Å². The summed E-state index contributed by atoms with van der Waals surface area (Å²) in [6.45, 7) is 1.17. The highest BCUT2D eigenvalue weighted by molar-refractivity contribution is 5.78. The largest absolute Gasteiger partial charge is 0.477 e. The maximum Gasteiger partial charge on any atom is 0.310 e. The SMILES string of the molecule is CNC1CCCN(C(=O)COc2ccccc2[N+](=O)[O-])C1. The van der Waals surface area contributed by atoms with Crippen LogP contribution in [-0.2, 0) is 4.79 Å². The van der Waals surface area contributed by atoms with Crippen LogP contribution in [0, 0.1) is 10.1 Å². The van der Waals surface area contributed by atoms with Crippen molar-refractivity contribution in [3.63, 3.8) is 0 Å². The molecule has 1 amide bonds. The van der Waals surface area contributed by atoms with Crippen molar-refractivity contribution in [3.8, 4) is 5.75 Å². The number of nitrogens with zero attached hydrogens (tertiary/aromatic N) is 2. The van der Waals surface area contributed by atoms with Gasteiger partial charge < -0.3 is 15.0 Å². The van der Waals surface area contributed by atoms with Crippen LogP contribution in [0.1, 0.15) is 12.8 Å². The number of nitro groups is 1. The first-order chi connectivity index (χ1) is 10.1. The molecule has 1 heterocycles. The van der Waals surface area contributed by atoms with Gasteiger partial charge >= 0.3 is 5.69 Å². The number of hydrogen-bond acceptors (Lipinski definition) is 5. The number of benzene rings is 1. The second-order valence-electron chi connectivity index (χ2n) is 4.98. The average molecular weight is 293 g/mol. The third-order valence-electron chi connectivity index (χ3n) is 3.60. The molecule has 1 atom stereocenters. The Balaban J connectivity index is 1.94. The smallest absolute Gasteiger partial charge is 0.310 e. The van der Waals surface area contributed by atoms with Crippen LogP contribution >= 0.6 is 0 Å². The number of rotatable bonds is 5. The van der Waals surface area contributed by atoms with Gasteiger partial charge in [-0.3, -0.25) is 14.9 Å². The van der Waals surface area contributed by atoms with E-state index in [1.807, 2.05) is 7.05 Å². The highest BCUT2D eigenvalue weighted by Crippen LogP contribution is 2.25. The van der Waals surface area contributed by atoms with E-state index in [1.165, 1.54) is 12.1 Å². The third kappa shape index (κ3) is 3.91. The fraction of sp³-hybridized carbons (Fsp3) is 0.500. The van der Waals surface area contributed by atoms with Crippen molar-refractivity contribution in [3.05, 3.63) is 34.4 Å². The zero-order valence-electron chi connectivity index (χ0n) is 11.9. The molecule has 1 aromatic rings. The van der Waals surface area contributed by atoms with Crippen LogP contribution in [0.5, 0.6) is 5.75 Å². The molecule has 0 saturated carbocycles. The summed E-state index contributed by atoms with van der Waals surface area (Å²) >= 11 is 0. The zero-order valence-corrected chi connectivity index (χ0v) is 11.9. The van der Waals surface area contributed by atoms with Gasteiger partial charge in [-0.25, -0.2) is 0 Å². The van der Waals surface area contributed by atoms with Gasteiger partial charge in [0.1, 0.15) is 0 Å². The predicted octanol–water partition coefficient (Wildman–Crippen LogP) is 1.18. The van der Waals surface area contributed by atoms with Crippen LogP contribution < -0.4 is 10.1 Å². The van der Waals surface area contributed by atoms with Crippen LogP contribution in [0.2, 0.25) is 0 Å². The van der Waals surface area contributed by atoms with Crippen molar-refractivity contribution in [1.29, 1.82) is 0 Å². The molecular weight excluding hydrogens is 274 g/mol. The number of likely N-dealkylation sites (tertiary alicyclic amines) is 1. The quantitative estimate of drug-likeness (QED) is 0.651. The number of hydrogen-bond donors (Lipinski definition) is 1. The minimum atomic E-state index is -0.516. The zero-order chi connectivity index (χ0) is 15.2. The van der Waals surface area contributed by atoms with E-state index in [9.17, 15) is 14.9 Å². The van der Waals surface area contributed by atoms with Crippen molar-refractivity contribution in [2.24, 2.45) is 0 Å². The Labute approximate surface area is 123 Å². The molecule has 1 aliphatic heterocycles. The van der Waals surface area contributed by atoms with Crippen molar-refractivity contribution in [2.45, 2.75) is 18.9 Å². The van der Waals surface area contributed by atoms with E-state index < -0.39 is 4.92 Å². The molecule has 2 rings (SSSR count). The fourth-order valence-electron chi connectivity index (χ4n) is 2.40. The van der Waals surface area contributed by atoms with Crippen LogP contribution in [-0.4, -0.2) is 48.5 Å². The number of para-hydroxylation sites is 2. The van der Waals surface area contributed by atoms with E-state index in [0.717, 1.165) is 12.8 Å². The number of carbonyl (C=O) groups excluding carboxylic acids is 1. The first kappa shape index (κ1) is 15.2. The van der Waals surface area contributed by atoms with E-state index in [1.54, 1.807) is 17.0 Å². The Kier molecular flexibility index (Phi) is 5.10. The van der Waals surface area contributed by atoms with E-state index in [0.29, 0.717) is 19.1 Å². The van der Waals surface area contributed by atoms with Gasteiger partial charge in [-0.05, 0) is 26.0 Å². The van der Waals surface area contributed by atoms with Crippen LogP contribution in [0.15, 0.2) is 24.3 Å². The average Bonchev–Trinajstić information content (AvgIpc) is 2.52. The lowest BCUT2D eigenvalue weighted by Gasteiger charge is -2.32. The van der Waals surface area contributed by atoms with Crippen molar-refractivity contribution in [2.75, 3.05) is 26.7 Å². The van der Waals surface area contributed by atoms with Crippen LogP contribution in [0.25, 0.3) is 0 Å². The number of amides is 1. The number of ether oxygens (including phenoxy) is 1. The van der Waals surface area contributed by atoms with Crippen molar-refractivity contribution in [1.82, 2.24) is 10.2 Å². The summed E-state index contributed by atoms with van der Waals surface area (Å²) in [6.07, 6.45) is 1.99. The van der Waals surface area contributed by atoms with Gasteiger partial charge in [0, 0.05) is 25.2 Å². The Hall–Kier alpha value is -2.15. The van der Waals surface area contributed by atoms with Crippen LogP contribution in [0.4, 0.5) is 5.69 Å². The number of likely N-dealkylation sites (N-methyl/N-ethyl adjacent to an activating group) is 1. The number of carbonyl (C=O) groups is 1. The molecular formula is C14H19N3O4. The van der Waals surface area contributed by atoms with Gasteiger partial charge in [-0.15, -0.1) is 0 Å². The molecule has 7 heteroatoms. The summed E-state index contributed by atoms with van der Waals surface area (Å²) in [4.78, 5) is 24.2. The maximum absolute atomic E-state index is 12.1. The molecule has 7 nitrogen and oxygen atoms in total. The van der Waals surface area contributed by atoms with Gasteiger partial charge in [-0.1, -0.05) is 12.1 Å². The lowest BCUT2D eigenvalue weighted by atomic mass is 10.1. The lowest BCUT2D eigenvalue weighted by Crippen LogP contribution is -2.48. The molecule has 1 saturated heterocycles. The van der Waals surface area contributed by atoms with Crippen molar-refractivity contribution >= 4 is 11.6 Å². The molecule has 0 aromatic heterocycles. The standard InChI is InChI=1S/C14H19N3O4/c1-15-11-5-4-8-16(9-11)14(18)10-21-13-7-3-2-6-12(13)17(19)20/h2-3,6-7,11,15H,4-5,8-10H2,1H3. The molecule has 1 unspecified atom stereocenters. The van der Waals surface area contributed by atoms with E-state index in [2.05, 4.69) is 5.32 Å². The summed E-state index contributed by atoms with van der Waals surface area (Å²) in [5, 5.41) is 14.0. The van der Waals surface area contributed by atoms with Gasteiger partial charge in [0.05, 0.1) is 4.92 Å². The van der Waals surface area contributed by atoms with Gasteiger partial charge in [0.25, 0.3) is 5.91 Å². The predicted molar refractivity (Wildman–Crippen MR) is 77.3 cm³/mol. The second kappa shape index (κ2) is 7.03. The highest BCUT2D eigenvalue weighted by atomic mass is 16.6. The summed E-state index contributed by atoms with van der Waals surface area (Å²) < 4.78 is 5.33. The van der Waals surface area contributed by atoms with E-state index in [-0.39, 0.29) is 24.0 Å². The molecule has 1 N–H and O–H groups in total. The fourth-order valence-corrected chi connectivity index (χ4v) is 2.40. The Morgan fingerprint density at radius 1 is 1.52 bits per heavy atom. The summed E-state index contributed by atoms with van der Waals surface area (Å²) in [5.74, 6) is -0.0221. The first-order valence-electron chi connectivity index (χ1n) is 6.93. The lowest BCUT2D eigenvalue weighted by molar-refractivity contribution is -0.385. The van der Waals surface area contributed by atoms with E-state index >= 15 is 0 Å². The highest BCUT2D eigenvalue weighted by Gasteiger charge is 2.23. The Bertz CT molecular complexity index is 521. The summed E-state index contributed by atoms with van der Waals surface area (Å²) in [7, 11) is 1.88. The molecule has 21 heavy (non-hydrogen) atoms. The summed E-state index contributed by atoms with van der Waals surface area (Å²) in [5.41, 5.74) is -0.128. The summed E-state index contributed by atoms with van der Waals surface area (Å²) in [6, 6.07) is 6.36. The Morgan fingerprint density at radius 3 is 3.00 bits per heavy atom. The minimum absolute atomic E-state index is 0.123. The van der Waals surface area contributed by atoms with Gasteiger partial charge in [-0.2, -0.15) is 0 Å². The second-order valence-corrected chi connectivity index (χ2v) is 4.98. The van der Waals surface area contributed by atoms with Gasteiger partial charge in [0.2, 0.25) is 0 Å². The van der Waals surface area contributed by atoms with Gasteiger partial charge in [0.15, 0.2) is 12.4 Å². The molecule has 0 radical (unpaired) electrons. The molecule has 0 aliphatic carbocycles. The molecule has 0 bridgehead atoms. The maximum atomic E-state index is 12.1. The van der Waals surface area contributed by atoms with Crippen molar-refractivity contribution < 1.29 is 14.5 Å². The molecule has 0 spiro atoms. The monoisotopic (exact) mass is 293 g/mol. The minimum Gasteiger partial charge on any atom is -0.477 e. The number of nitrogens with one attached hydrogen (secondary N) is 1. The molecule has 1 fully saturated rings. The number of piperidine rings is 1.